The number of nitrogens with zero attached hydrogens (tertiary/aromatic N) is 3. The van der Waals surface area contributed by atoms with E-state index < -0.39 is 31.4 Å². The highest BCUT2D eigenvalue weighted by molar-refractivity contribution is 7.63. The Hall–Kier alpha value is -2.78. The Bertz CT molecular complexity index is 977. The second kappa shape index (κ2) is 28.1. The van der Waals surface area contributed by atoms with Gasteiger partial charge in [0.15, 0.2) is 0 Å². The van der Waals surface area contributed by atoms with Crippen LogP contribution in [0.2, 0.25) is 0 Å². The standard InChI is InChI=1S/C31H58N3O13P/c1-5-19-43-22-23-46-29(39)13-8-7-12-28(38)45-21-17-33(4)31(41)34(15-18-35)24-32(3)16-20-44-27(37)11-9-10-14-30(40)47-26-48(42,6-2)25-36/h35-36H,5-26H2,1-4H3. The minimum absolute atomic E-state index is 0.00847. The van der Waals surface area contributed by atoms with E-state index >= 15 is 0 Å². The van der Waals surface area contributed by atoms with Crippen molar-refractivity contribution in [3.05, 3.63) is 0 Å². The maximum absolute atomic E-state index is 12.9. The van der Waals surface area contributed by atoms with E-state index in [1.165, 1.54) is 9.80 Å². The molecule has 1 unspecified atom stereocenters. The van der Waals surface area contributed by atoms with E-state index in [2.05, 4.69) is 0 Å². The molecule has 0 aromatic heterocycles. The lowest BCUT2D eigenvalue weighted by Crippen LogP contribution is -2.48. The molecular formula is C31H58N3O13P. The zero-order chi connectivity index (χ0) is 36.2. The van der Waals surface area contributed by atoms with Gasteiger partial charge in [0.05, 0.1) is 32.8 Å². The summed E-state index contributed by atoms with van der Waals surface area (Å²) in [5.41, 5.74) is 0. The van der Waals surface area contributed by atoms with Crippen molar-refractivity contribution < 1.29 is 62.4 Å². The van der Waals surface area contributed by atoms with Gasteiger partial charge in [0.2, 0.25) is 0 Å². The summed E-state index contributed by atoms with van der Waals surface area (Å²) in [7, 11) is 0.402. The Morgan fingerprint density at radius 3 is 1.62 bits per heavy atom. The van der Waals surface area contributed by atoms with Crippen LogP contribution in [0.3, 0.4) is 0 Å². The van der Waals surface area contributed by atoms with Crippen molar-refractivity contribution in [2.75, 3.05) is 98.9 Å². The largest absolute Gasteiger partial charge is 0.464 e. The molecule has 0 heterocycles. The van der Waals surface area contributed by atoms with Crippen molar-refractivity contribution in [1.29, 1.82) is 0 Å². The molecule has 0 aliphatic rings. The second-order valence-corrected chi connectivity index (χ2v) is 14.6. The number of hydrogen-bond acceptors (Lipinski definition) is 14. The summed E-state index contributed by atoms with van der Waals surface area (Å²) in [4.78, 5) is 65.0. The van der Waals surface area contributed by atoms with Gasteiger partial charge >= 0.3 is 29.9 Å². The number of unbranched alkanes of at least 4 members (excludes halogenated alkanes) is 2. The average molecular weight is 712 g/mol. The number of hydrogen-bond donors (Lipinski definition) is 2. The molecule has 0 fully saturated rings. The monoisotopic (exact) mass is 711 g/mol. The van der Waals surface area contributed by atoms with Crippen molar-refractivity contribution >= 4 is 37.1 Å². The van der Waals surface area contributed by atoms with Crippen LogP contribution in [0.25, 0.3) is 0 Å². The summed E-state index contributed by atoms with van der Waals surface area (Å²) in [5.74, 6) is -1.74. The van der Waals surface area contributed by atoms with Crippen LogP contribution in [0.5, 0.6) is 0 Å². The van der Waals surface area contributed by atoms with Crippen LogP contribution >= 0.6 is 7.14 Å². The lowest BCUT2D eigenvalue weighted by atomic mass is 10.2. The predicted molar refractivity (Wildman–Crippen MR) is 176 cm³/mol. The molecule has 17 heteroatoms. The Morgan fingerprint density at radius 2 is 1.15 bits per heavy atom. The van der Waals surface area contributed by atoms with E-state index in [1.807, 2.05) is 6.92 Å². The normalized spacial score (nSPS) is 12.2. The van der Waals surface area contributed by atoms with Gasteiger partial charge < -0.3 is 48.3 Å². The number of aliphatic hydroxyl groups is 2. The van der Waals surface area contributed by atoms with Gasteiger partial charge in [-0.25, -0.2) is 4.79 Å². The van der Waals surface area contributed by atoms with Crippen molar-refractivity contribution in [3.63, 3.8) is 0 Å². The van der Waals surface area contributed by atoms with Crippen molar-refractivity contribution in [2.45, 2.75) is 71.6 Å². The van der Waals surface area contributed by atoms with Crippen LogP contribution in [0, 0.1) is 0 Å². The van der Waals surface area contributed by atoms with Crippen molar-refractivity contribution in [2.24, 2.45) is 0 Å². The summed E-state index contributed by atoms with van der Waals surface area (Å²) in [6, 6.07) is -0.380. The lowest BCUT2D eigenvalue weighted by molar-refractivity contribution is -0.146. The highest BCUT2D eigenvalue weighted by Gasteiger charge is 2.21. The summed E-state index contributed by atoms with van der Waals surface area (Å²) in [6.07, 6.45) is 2.60. The number of rotatable bonds is 29. The molecular weight excluding hydrogens is 653 g/mol. The minimum atomic E-state index is -2.88. The third kappa shape index (κ3) is 23.5. The molecule has 0 radical (unpaired) electrons. The first-order valence-electron chi connectivity index (χ1n) is 16.6. The van der Waals surface area contributed by atoms with E-state index in [0.29, 0.717) is 45.4 Å². The number of carbonyl (C=O) groups is 5. The molecule has 2 amide bonds. The van der Waals surface area contributed by atoms with E-state index in [4.69, 9.17) is 28.8 Å². The topological polar surface area (TPSA) is 199 Å². The van der Waals surface area contributed by atoms with E-state index in [-0.39, 0.29) is 96.4 Å². The Balaban J connectivity index is 4.20. The molecule has 0 bridgehead atoms. The van der Waals surface area contributed by atoms with Crippen LogP contribution in [0.15, 0.2) is 0 Å². The van der Waals surface area contributed by atoms with Gasteiger partial charge in [-0.05, 0) is 39.2 Å². The Kier molecular flexibility index (Phi) is 26.5. The lowest BCUT2D eigenvalue weighted by Gasteiger charge is -2.31. The molecule has 0 aromatic rings. The predicted octanol–water partition coefficient (Wildman–Crippen LogP) is 2.23. The van der Waals surface area contributed by atoms with Crippen LogP contribution in [0.1, 0.15) is 71.6 Å². The first-order chi connectivity index (χ1) is 22.9. The highest BCUT2D eigenvalue weighted by Crippen LogP contribution is 2.43. The molecule has 0 rings (SSSR count). The van der Waals surface area contributed by atoms with Gasteiger partial charge in [0.1, 0.15) is 33.3 Å². The molecule has 16 nitrogen and oxygen atoms in total. The minimum Gasteiger partial charge on any atom is -0.464 e. The second-order valence-electron chi connectivity index (χ2n) is 11.3. The number of likely N-dealkylation sites (N-methyl/N-ethyl adjacent to an activating group) is 2. The highest BCUT2D eigenvalue weighted by atomic mass is 31.2. The number of carbonyl (C=O) groups excluding carboxylic acids is 5. The van der Waals surface area contributed by atoms with E-state index in [1.54, 1.807) is 25.9 Å². The van der Waals surface area contributed by atoms with Gasteiger partial charge in [-0.3, -0.25) is 24.1 Å². The fraction of sp³-hybridized carbons (Fsp3) is 0.839. The molecule has 48 heavy (non-hydrogen) atoms. The molecule has 0 saturated heterocycles. The van der Waals surface area contributed by atoms with Gasteiger partial charge in [-0.2, -0.15) is 0 Å². The Morgan fingerprint density at radius 1 is 0.646 bits per heavy atom. The molecule has 0 saturated carbocycles. The number of ether oxygens (including phenoxy) is 5. The van der Waals surface area contributed by atoms with Crippen molar-refractivity contribution in [3.8, 4) is 0 Å². The number of amides is 2. The fourth-order valence-electron chi connectivity index (χ4n) is 3.91. The van der Waals surface area contributed by atoms with Crippen LogP contribution in [0.4, 0.5) is 4.79 Å². The summed E-state index contributed by atoms with van der Waals surface area (Å²) in [5, 5.41) is 18.6. The van der Waals surface area contributed by atoms with Crippen LogP contribution in [-0.2, 0) is 47.4 Å². The zero-order valence-electron chi connectivity index (χ0n) is 29.2. The van der Waals surface area contributed by atoms with Gasteiger partial charge in [-0.15, -0.1) is 0 Å². The van der Waals surface area contributed by atoms with E-state index in [0.717, 1.165) is 6.42 Å². The van der Waals surface area contributed by atoms with Gasteiger partial charge in [0, 0.05) is 58.6 Å². The van der Waals surface area contributed by atoms with Crippen LogP contribution in [-0.4, -0.2) is 154 Å². The molecule has 0 aliphatic heterocycles. The number of urea groups is 1. The molecule has 2 N–H and O–H groups in total. The number of aliphatic hydroxyl groups excluding tert-OH is 2. The van der Waals surface area contributed by atoms with Gasteiger partial charge in [-0.1, -0.05) is 13.8 Å². The van der Waals surface area contributed by atoms with Crippen molar-refractivity contribution in [1.82, 2.24) is 14.7 Å². The first-order valence-corrected chi connectivity index (χ1v) is 18.8. The van der Waals surface area contributed by atoms with E-state index in [9.17, 15) is 33.6 Å². The third-order valence-electron chi connectivity index (χ3n) is 6.96. The molecule has 0 spiro atoms. The first kappa shape index (κ1) is 45.2. The molecule has 1 atom stereocenters. The summed E-state index contributed by atoms with van der Waals surface area (Å²) in [6.45, 7) is 5.33. The maximum Gasteiger partial charge on any atom is 0.320 e. The number of esters is 4. The SMILES string of the molecule is CCCOCCOC(=O)CCCCC(=O)OCCN(C)C(=O)N(CCO)CN(C)CCOC(=O)CCCCC(=O)OCP(=O)(CC)CO. The third-order valence-corrected chi connectivity index (χ3v) is 9.23. The summed E-state index contributed by atoms with van der Waals surface area (Å²) >= 11 is 0. The molecule has 280 valence electrons. The smallest absolute Gasteiger partial charge is 0.320 e. The average Bonchev–Trinajstić information content (AvgIpc) is 3.06. The van der Waals surface area contributed by atoms with Gasteiger partial charge in [0.25, 0.3) is 0 Å². The van der Waals surface area contributed by atoms with Crippen LogP contribution < -0.4 is 0 Å². The fourth-order valence-corrected chi connectivity index (χ4v) is 4.75. The summed E-state index contributed by atoms with van der Waals surface area (Å²) < 4.78 is 37.8. The zero-order valence-corrected chi connectivity index (χ0v) is 30.1. The maximum atomic E-state index is 12.9. The quantitative estimate of drug-likeness (QED) is 0.0376. The molecule has 0 aromatic carbocycles. The molecule has 0 aliphatic carbocycles. The Labute approximate surface area is 284 Å².